The lowest BCUT2D eigenvalue weighted by Crippen LogP contribution is -2.11. The fraction of sp³-hybridized carbons (Fsp3) is 0.294. The molecule has 1 N–H and O–H groups in total. The number of benzene rings is 2. The van der Waals surface area contributed by atoms with Gasteiger partial charge in [0.05, 0.1) is 8.95 Å². The van der Waals surface area contributed by atoms with Gasteiger partial charge in [0.15, 0.2) is 0 Å². The highest BCUT2D eigenvalue weighted by molar-refractivity contribution is 9.11. The van der Waals surface area contributed by atoms with Crippen molar-refractivity contribution in [2.24, 2.45) is 0 Å². The Balaban J connectivity index is 2.12. The Morgan fingerprint density at radius 2 is 1.76 bits per heavy atom. The topological polar surface area (TPSA) is 21.3 Å². The average Bonchev–Trinajstić information content (AvgIpc) is 2.46. The monoisotopic (exact) mass is 411 g/mol. The molecule has 0 aromatic heterocycles. The van der Waals surface area contributed by atoms with Crippen LogP contribution in [0.1, 0.15) is 23.6 Å². The summed E-state index contributed by atoms with van der Waals surface area (Å²) in [5.74, 6) is 0.846. The third-order valence-electron chi connectivity index (χ3n) is 3.27. The van der Waals surface area contributed by atoms with Crippen molar-refractivity contribution in [1.82, 2.24) is 5.32 Å². The molecule has 0 aliphatic rings. The summed E-state index contributed by atoms with van der Waals surface area (Å²) in [6.07, 6.45) is 0. The SMILES string of the molecule is CCNCc1cc(Br)c(OCc2ccccc2C)c(Br)c1. The van der Waals surface area contributed by atoms with E-state index in [0.717, 1.165) is 27.8 Å². The molecule has 0 saturated heterocycles. The van der Waals surface area contributed by atoms with Crippen molar-refractivity contribution in [1.29, 1.82) is 0 Å². The molecular formula is C17H19Br2NO. The minimum atomic E-state index is 0.566. The Morgan fingerprint density at radius 1 is 1.10 bits per heavy atom. The Bertz CT molecular complexity index is 590. The molecule has 112 valence electrons. The van der Waals surface area contributed by atoms with Gasteiger partial charge in [-0.1, -0.05) is 31.2 Å². The van der Waals surface area contributed by atoms with Gasteiger partial charge in [0.1, 0.15) is 12.4 Å². The van der Waals surface area contributed by atoms with Crippen LogP contribution in [0.4, 0.5) is 0 Å². The molecule has 0 unspecified atom stereocenters. The summed E-state index contributed by atoms with van der Waals surface area (Å²) in [6.45, 7) is 6.58. The third kappa shape index (κ3) is 4.56. The van der Waals surface area contributed by atoms with Crippen LogP contribution in [0.5, 0.6) is 5.75 Å². The number of nitrogens with one attached hydrogen (secondary N) is 1. The Kier molecular flexibility index (Phi) is 6.27. The molecule has 0 spiro atoms. The number of hydrogen-bond acceptors (Lipinski definition) is 2. The zero-order valence-corrected chi connectivity index (χ0v) is 15.4. The van der Waals surface area contributed by atoms with E-state index in [1.54, 1.807) is 0 Å². The van der Waals surface area contributed by atoms with Gasteiger partial charge in [0.25, 0.3) is 0 Å². The molecule has 0 amide bonds. The molecule has 0 radical (unpaired) electrons. The molecule has 2 rings (SSSR count). The molecule has 0 aliphatic heterocycles. The van der Waals surface area contributed by atoms with Gasteiger partial charge in [0, 0.05) is 6.54 Å². The molecule has 0 bridgehead atoms. The van der Waals surface area contributed by atoms with Crippen molar-refractivity contribution in [2.45, 2.75) is 27.0 Å². The quantitative estimate of drug-likeness (QED) is 0.703. The summed E-state index contributed by atoms with van der Waals surface area (Å²) in [5, 5.41) is 3.32. The highest BCUT2D eigenvalue weighted by atomic mass is 79.9. The maximum atomic E-state index is 5.98. The summed E-state index contributed by atoms with van der Waals surface area (Å²) in [4.78, 5) is 0. The van der Waals surface area contributed by atoms with E-state index >= 15 is 0 Å². The van der Waals surface area contributed by atoms with Crippen molar-refractivity contribution in [2.75, 3.05) is 6.54 Å². The lowest BCUT2D eigenvalue weighted by Gasteiger charge is -2.13. The normalized spacial score (nSPS) is 10.7. The maximum Gasteiger partial charge on any atom is 0.148 e. The highest BCUT2D eigenvalue weighted by Crippen LogP contribution is 2.35. The molecule has 2 nitrogen and oxygen atoms in total. The van der Waals surface area contributed by atoms with Crippen LogP contribution < -0.4 is 10.1 Å². The molecule has 2 aromatic rings. The van der Waals surface area contributed by atoms with Gasteiger partial charge >= 0.3 is 0 Å². The first-order valence-electron chi connectivity index (χ1n) is 6.97. The summed E-state index contributed by atoms with van der Waals surface area (Å²) in [5.41, 5.74) is 3.67. The molecule has 0 aliphatic carbocycles. The van der Waals surface area contributed by atoms with Gasteiger partial charge in [-0.25, -0.2) is 0 Å². The zero-order chi connectivity index (χ0) is 15.2. The first kappa shape index (κ1) is 16.5. The lowest BCUT2D eigenvalue weighted by atomic mass is 10.1. The number of ether oxygens (including phenoxy) is 1. The number of aryl methyl sites for hydroxylation is 1. The summed E-state index contributed by atoms with van der Waals surface area (Å²) in [7, 11) is 0. The predicted octanol–water partition coefficient (Wildman–Crippen LogP) is 5.21. The van der Waals surface area contributed by atoms with Crippen LogP contribution in [-0.4, -0.2) is 6.54 Å². The van der Waals surface area contributed by atoms with Crippen LogP contribution >= 0.6 is 31.9 Å². The van der Waals surface area contributed by atoms with Gasteiger partial charge in [-0.15, -0.1) is 0 Å². The largest absolute Gasteiger partial charge is 0.487 e. The molecule has 2 aromatic carbocycles. The minimum absolute atomic E-state index is 0.566. The number of halogens is 2. The molecule has 0 heterocycles. The Morgan fingerprint density at radius 3 is 2.38 bits per heavy atom. The van der Waals surface area contributed by atoms with Crippen molar-refractivity contribution in [3.8, 4) is 5.75 Å². The van der Waals surface area contributed by atoms with Crippen LogP contribution in [0.25, 0.3) is 0 Å². The van der Waals surface area contributed by atoms with Crippen molar-refractivity contribution >= 4 is 31.9 Å². The van der Waals surface area contributed by atoms with E-state index in [0.29, 0.717) is 6.61 Å². The van der Waals surface area contributed by atoms with E-state index < -0.39 is 0 Å². The average molecular weight is 413 g/mol. The second kappa shape index (κ2) is 7.97. The molecule has 4 heteroatoms. The van der Waals surface area contributed by atoms with Crippen LogP contribution in [0.15, 0.2) is 45.3 Å². The van der Waals surface area contributed by atoms with Crippen LogP contribution in [0.3, 0.4) is 0 Å². The summed E-state index contributed by atoms with van der Waals surface area (Å²) >= 11 is 7.20. The molecule has 0 fully saturated rings. The standard InChI is InChI=1S/C17H19Br2NO/c1-3-20-10-13-8-15(18)17(16(19)9-13)21-11-14-7-5-4-6-12(14)2/h4-9,20H,3,10-11H2,1-2H3. The van der Waals surface area contributed by atoms with Crippen LogP contribution in [0, 0.1) is 6.92 Å². The number of hydrogen-bond donors (Lipinski definition) is 1. The van der Waals surface area contributed by atoms with E-state index in [4.69, 9.17) is 4.74 Å². The molecule has 0 saturated carbocycles. The van der Waals surface area contributed by atoms with E-state index in [-0.39, 0.29) is 0 Å². The number of rotatable bonds is 6. The van der Waals surface area contributed by atoms with Gasteiger partial charge in [-0.05, 0) is 74.2 Å². The summed E-state index contributed by atoms with van der Waals surface area (Å²) < 4.78 is 7.92. The fourth-order valence-corrected chi connectivity index (χ4v) is 3.55. The fourth-order valence-electron chi connectivity index (χ4n) is 2.04. The molecule has 21 heavy (non-hydrogen) atoms. The van der Waals surface area contributed by atoms with E-state index in [1.165, 1.54) is 16.7 Å². The van der Waals surface area contributed by atoms with Gasteiger partial charge in [0.2, 0.25) is 0 Å². The minimum Gasteiger partial charge on any atom is -0.487 e. The Hall–Kier alpha value is -0.840. The predicted molar refractivity (Wildman–Crippen MR) is 94.7 cm³/mol. The Labute approximate surface area is 143 Å². The van der Waals surface area contributed by atoms with Gasteiger partial charge < -0.3 is 10.1 Å². The third-order valence-corrected chi connectivity index (χ3v) is 4.45. The van der Waals surface area contributed by atoms with E-state index in [2.05, 4.69) is 75.3 Å². The second-order valence-corrected chi connectivity index (χ2v) is 6.59. The van der Waals surface area contributed by atoms with Crippen LogP contribution in [0.2, 0.25) is 0 Å². The van der Waals surface area contributed by atoms with E-state index in [1.807, 2.05) is 12.1 Å². The van der Waals surface area contributed by atoms with Gasteiger partial charge in [-0.2, -0.15) is 0 Å². The highest BCUT2D eigenvalue weighted by Gasteiger charge is 2.10. The second-order valence-electron chi connectivity index (χ2n) is 4.88. The first-order valence-corrected chi connectivity index (χ1v) is 8.56. The van der Waals surface area contributed by atoms with Crippen LogP contribution in [-0.2, 0) is 13.2 Å². The maximum absolute atomic E-state index is 5.98. The van der Waals surface area contributed by atoms with E-state index in [9.17, 15) is 0 Å². The zero-order valence-electron chi connectivity index (χ0n) is 12.2. The van der Waals surface area contributed by atoms with Crippen molar-refractivity contribution in [3.63, 3.8) is 0 Å². The first-order chi connectivity index (χ1) is 10.1. The molecule has 0 atom stereocenters. The molecular weight excluding hydrogens is 394 g/mol. The van der Waals surface area contributed by atoms with Crippen molar-refractivity contribution < 1.29 is 4.74 Å². The smallest absolute Gasteiger partial charge is 0.148 e. The lowest BCUT2D eigenvalue weighted by molar-refractivity contribution is 0.301. The van der Waals surface area contributed by atoms with Crippen molar-refractivity contribution in [3.05, 3.63) is 62.0 Å². The van der Waals surface area contributed by atoms with Gasteiger partial charge in [-0.3, -0.25) is 0 Å². The summed E-state index contributed by atoms with van der Waals surface area (Å²) in [6, 6.07) is 12.5.